The molecule has 0 fully saturated rings. The van der Waals surface area contributed by atoms with E-state index < -0.39 is 0 Å². The standard InChI is InChI=1S/C19H22N2O5/c1-13(10-23-2)20-19(22)21-15-5-3-4-14(8-15)11-24-16-6-7-17-18(9-16)26-12-25-17/h3-9,13H,10-12H2,1-2H3,(H2,20,21,22). The van der Waals surface area contributed by atoms with Crippen LogP contribution in [0.2, 0.25) is 0 Å². The first-order valence-electron chi connectivity index (χ1n) is 8.32. The predicted octanol–water partition coefficient (Wildman–Crippen LogP) is 3.15. The van der Waals surface area contributed by atoms with E-state index in [0.29, 0.717) is 30.4 Å². The SMILES string of the molecule is COCC(C)NC(=O)Nc1cccc(COc2ccc3c(c2)OCO3)c1. The van der Waals surface area contributed by atoms with Gasteiger partial charge in [0.25, 0.3) is 0 Å². The number of carbonyl (C=O) groups is 1. The Balaban J connectivity index is 1.54. The number of ether oxygens (including phenoxy) is 4. The van der Waals surface area contributed by atoms with Gasteiger partial charge in [-0.1, -0.05) is 12.1 Å². The normalized spacial score (nSPS) is 13.2. The van der Waals surface area contributed by atoms with Crippen molar-refractivity contribution in [3.8, 4) is 17.2 Å². The van der Waals surface area contributed by atoms with Crippen molar-refractivity contribution in [2.75, 3.05) is 25.8 Å². The Morgan fingerprint density at radius 3 is 2.88 bits per heavy atom. The molecule has 0 bridgehead atoms. The molecule has 2 amide bonds. The Morgan fingerprint density at radius 1 is 1.19 bits per heavy atom. The van der Waals surface area contributed by atoms with E-state index >= 15 is 0 Å². The fraction of sp³-hybridized carbons (Fsp3) is 0.316. The number of methoxy groups -OCH3 is 1. The zero-order chi connectivity index (χ0) is 18.4. The van der Waals surface area contributed by atoms with E-state index in [4.69, 9.17) is 18.9 Å². The first-order chi connectivity index (χ1) is 12.6. The van der Waals surface area contributed by atoms with Crippen molar-refractivity contribution in [1.82, 2.24) is 5.32 Å². The lowest BCUT2D eigenvalue weighted by Crippen LogP contribution is -2.38. The molecule has 0 radical (unpaired) electrons. The lowest BCUT2D eigenvalue weighted by atomic mass is 10.2. The highest BCUT2D eigenvalue weighted by Crippen LogP contribution is 2.35. The van der Waals surface area contributed by atoms with Crippen LogP contribution < -0.4 is 24.8 Å². The Bertz CT molecular complexity index is 765. The van der Waals surface area contributed by atoms with Gasteiger partial charge in [-0.25, -0.2) is 4.79 Å². The van der Waals surface area contributed by atoms with Crippen molar-refractivity contribution in [2.45, 2.75) is 19.6 Å². The second-order valence-electron chi connectivity index (χ2n) is 5.96. The van der Waals surface area contributed by atoms with Gasteiger partial charge < -0.3 is 29.6 Å². The van der Waals surface area contributed by atoms with Crippen molar-refractivity contribution < 1.29 is 23.7 Å². The van der Waals surface area contributed by atoms with Crippen LogP contribution in [0.15, 0.2) is 42.5 Å². The molecule has 2 aromatic rings. The van der Waals surface area contributed by atoms with Gasteiger partial charge in [0.1, 0.15) is 12.4 Å². The number of rotatable bonds is 7. The first kappa shape index (κ1) is 17.9. The summed E-state index contributed by atoms with van der Waals surface area (Å²) < 4.78 is 21.4. The van der Waals surface area contributed by atoms with E-state index in [2.05, 4.69) is 10.6 Å². The molecule has 138 valence electrons. The third kappa shape index (κ3) is 4.80. The van der Waals surface area contributed by atoms with Crippen molar-refractivity contribution >= 4 is 11.7 Å². The molecule has 1 unspecified atom stereocenters. The summed E-state index contributed by atoms with van der Waals surface area (Å²) in [4.78, 5) is 12.0. The number of fused-ring (bicyclic) bond motifs is 1. The molecule has 0 aromatic heterocycles. The average Bonchev–Trinajstić information content (AvgIpc) is 3.08. The number of carbonyl (C=O) groups excluding carboxylic acids is 1. The number of hydrogen-bond donors (Lipinski definition) is 2. The van der Waals surface area contributed by atoms with E-state index in [-0.39, 0.29) is 18.9 Å². The van der Waals surface area contributed by atoms with Crippen LogP contribution in [0.5, 0.6) is 17.2 Å². The zero-order valence-electron chi connectivity index (χ0n) is 14.8. The molecular weight excluding hydrogens is 336 g/mol. The molecular formula is C19H22N2O5. The molecule has 1 heterocycles. The quantitative estimate of drug-likeness (QED) is 0.795. The molecule has 0 saturated heterocycles. The molecule has 0 spiro atoms. The minimum atomic E-state index is -0.275. The Labute approximate surface area is 152 Å². The number of urea groups is 1. The first-order valence-corrected chi connectivity index (χ1v) is 8.32. The minimum Gasteiger partial charge on any atom is -0.489 e. The second kappa shape index (κ2) is 8.44. The fourth-order valence-corrected chi connectivity index (χ4v) is 2.55. The monoisotopic (exact) mass is 358 g/mol. The highest BCUT2D eigenvalue weighted by atomic mass is 16.7. The van der Waals surface area contributed by atoms with Crippen LogP contribution >= 0.6 is 0 Å². The van der Waals surface area contributed by atoms with Crippen LogP contribution in [0, 0.1) is 0 Å². The number of hydrogen-bond acceptors (Lipinski definition) is 5. The summed E-state index contributed by atoms with van der Waals surface area (Å²) in [5.74, 6) is 2.09. The highest BCUT2D eigenvalue weighted by molar-refractivity contribution is 5.89. The van der Waals surface area contributed by atoms with Crippen molar-refractivity contribution in [2.24, 2.45) is 0 Å². The van der Waals surface area contributed by atoms with Crippen LogP contribution in [0.1, 0.15) is 12.5 Å². The summed E-state index contributed by atoms with van der Waals surface area (Å²) in [6.45, 7) is 2.93. The van der Waals surface area contributed by atoms with Gasteiger partial charge in [0.05, 0.1) is 12.6 Å². The number of amides is 2. The van der Waals surface area contributed by atoms with Gasteiger partial charge in [0, 0.05) is 18.9 Å². The Morgan fingerprint density at radius 2 is 2.04 bits per heavy atom. The second-order valence-corrected chi connectivity index (χ2v) is 5.96. The molecule has 1 aliphatic heterocycles. The summed E-state index contributed by atoms with van der Waals surface area (Å²) in [7, 11) is 1.60. The maximum Gasteiger partial charge on any atom is 0.319 e. The number of nitrogens with one attached hydrogen (secondary N) is 2. The molecule has 7 nitrogen and oxygen atoms in total. The van der Waals surface area contributed by atoms with Crippen LogP contribution in [0.4, 0.5) is 10.5 Å². The summed E-state index contributed by atoms with van der Waals surface area (Å²) in [6.07, 6.45) is 0. The van der Waals surface area contributed by atoms with Gasteiger partial charge in [-0.15, -0.1) is 0 Å². The van der Waals surface area contributed by atoms with E-state index in [9.17, 15) is 4.79 Å². The molecule has 0 saturated carbocycles. The van der Waals surface area contributed by atoms with Gasteiger partial charge in [-0.05, 0) is 36.8 Å². The lowest BCUT2D eigenvalue weighted by Gasteiger charge is -2.14. The summed E-state index contributed by atoms with van der Waals surface area (Å²) >= 11 is 0. The maximum absolute atomic E-state index is 12.0. The molecule has 1 atom stereocenters. The lowest BCUT2D eigenvalue weighted by molar-refractivity contribution is 0.173. The smallest absolute Gasteiger partial charge is 0.319 e. The van der Waals surface area contributed by atoms with Crippen LogP contribution in [-0.4, -0.2) is 32.6 Å². The van der Waals surface area contributed by atoms with Gasteiger partial charge in [-0.3, -0.25) is 0 Å². The summed E-state index contributed by atoms with van der Waals surface area (Å²) in [6, 6.07) is 12.6. The fourth-order valence-electron chi connectivity index (χ4n) is 2.55. The molecule has 3 rings (SSSR count). The largest absolute Gasteiger partial charge is 0.489 e. The van der Waals surface area contributed by atoms with Crippen molar-refractivity contribution in [3.63, 3.8) is 0 Å². The zero-order valence-corrected chi connectivity index (χ0v) is 14.8. The number of anilines is 1. The number of benzene rings is 2. The van der Waals surface area contributed by atoms with E-state index in [1.54, 1.807) is 13.2 Å². The highest BCUT2D eigenvalue weighted by Gasteiger charge is 2.13. The molecule has 2 N–H and O–H groups in total. The molecule has 26 heavy (non-hydrogen) atoms. The molecule has 0 aliphatic carbocycles. The third-order valence-electron chi connectivity index (χ3n) is 3.73. The predicted molar refractivity (Wildman–Crippen MR) is 96.8 cm³/mol. The van der Waals surface area contributed by atoms with Crippen LogP contribution in [-0.2, 0) is 11.3 Å². The van der Waals surface area contributed by atoms with Gasteiger partial charge in [0.15, 0.2) is 11.5 Å². The average molecular weight is 358 g/mol. The topological polar surface area (TPSA) is 78.1 Å². The van der Waals surface area contributed by atoms with Gasteiger partial charge in [0.2, 0.25) is 6.79 Å². The van der Waals surface area contributed by atoms with E-state index in [0.717, 1.165) is 11.3 Å². The van der Waals surface area contributed by atoms with Gasteiger partial charge in [-0.2, -0.15) is 0 Å². The van der Waals surface area contributed by atoms with Crippen molar-refractivity contribution in [3.05, 3.63) is 48.0 Å². The van der Waals surface area contributed by atoms with Crippen LogP contribution in [0.25, 0.3) is 0 Å². The maximum atomic E-state index is 12.0. The van der Waals surface area contributed by atoms with Crippen LogP contribution in [0.3, 0.4) is 0 Å². The molecule has 7 heteroatoms. The summed E-state index contributed by atoms with van der Waals surface area (Å²) in [5.41, 5.74) is 1.63. The summed E-state index contributed by atoms with van der Waals surface area (Å²) in [5, 5.41) is 5.60. The van der Waals surface area contributed by atoms with E-state index in [1.807, 2.05) is 43.3 Å². The molecule has 1 aliphatic rings. The Hall–Kier alpha value is -2.93. The molecule has 2 aromatic carbocycles. The van der Waals surface area contributed by atoms with E-state index in [1.165, 1.54) is 0 Å². The van der Waals surface area contributed by atoms with Crippen molar-refractivity contribution in [1.29, 1.82) is 0 Å². The van der Waals surface area contributed by atoms with Gasteiger partial charge >= 0.3 is 6.03 Å². The third-order valence-corrected chi connectivity index (χ3v) is 3.73. The minimum absolute atomic E-state index is 0.0717. The Kier molecular flexibility index (Phi) is 5.80.